The van der Waals surface area contributed by atoms with E-state index < -0.39 is 50.4 Å². The van der Waals surface area contributed by atoms with Crippen LogP contribution >= 0.6 is 36.1 Å². The van der Waals surface area contributed by atoms with Gasteiger partial charge in [-0.3, -0.25) is 4.55 Å². The lowest BCUT2D eigenvalue weighted by molar-refractivity contribution is -0.432. The molecule has 38 heteroatoms. The second-order valence-corrected chi connectivity index (χ2v) is 20.3. The molecule has 420 valence electrons. The Labute approximate surface area is 458 Å². The molecule has 0 aliphatic rings. The predicted molar refractivity (Wildman–Crippen MR) is 280 cm³/mol. The van der Waals surface area contributed by atoms with Crippen molar-refractivity contribution in [2.24, 2.45) is 0 Å². The molecule has 2 atom stereocenters. The van der Waals surface area contributed by atoms with Crippen LogP contribution in [0.15, 0.2) is 102 Å². The summed E-state index contributed by atoms with van der Waals surface area (Å²) < 4.78 is 94.0. The molecule has 2 aromatic heterocycles. The smallest absolute Gasteiger partial charge is 0.295 e. The van der Waals surface area contributed by atoms with Gasteiger partial charge in [0.05, 0.1) is 88.6 Å². The van der Waals surface area contributed by atoms with E-state index in [0.29, 0.717) is 41.7 Å². The van der Waals surface area contributed by atoms with E-state index in [1.54, 1.807) is 0 Å². The first-order valence-electron chi connectivity index (χ1n) is 21.5. The van der Waals surface area contributed by atoms with E-state index in [4.69, 9.17) is 20.1 Å². The molecule has 0 amide bonds. The second-order valence-electron chi connectivity index (χ2n) is 14.7. The Hall–Kier alpha value is -5.90. The monoisotopic (exact) mass is 1200 g/mol. The minimum absolute atomic E-state index is 0.00560. The summed E-state index contributed by atoms with van der Waals surface area (Å²) in [4.78, 5) is 29.0. The lowest BCUT2D eigenvalue weighted by atomic mass is 10.1. The van der Waals surface area contributed by atoms with Crippen molar-refractivity contribution in [3.05, 3.63) is 83.9 Å². The minimum atomic E-state index is -4.99. The summed E-state index contributed by atoms with van der Waals surface area (Å²) in [5.74, 6) is -0.976. The van der Waals surface area contributed by atoms with Crippen molar-refractivity contribution in [2.45, 2.75) is 29.4 Å². The molecule has 0 fully saturated rings. The van der Waals surface area contributed by atoms with E-state index in [0.717, 1.165) is 6.07 Å². The Morgan fingerprint density at radius 3 is 1.54 bits per heavy atom. The van der Waals surface area contributed by atoms with Crippen molar-refractivity contribution in [3.8, 4) is 0 Å². The molecule has 2 unspecified atom stereocenters. The van der Waals surface area contributed by atoms with Gasteiger partial charge in [0.25, 0.3) is 10.1 Å². The highest BCUT2D eigenvalue weighted by Gasteiger charge is 2.21. The summed E-state index contributed by atoms with van der Waals surface area (Å²) in [6, 6.07) is 16.3. The number of hydrogen-bond donors (Lipinski definition) is 14. The van der Waals surface area contributed by atoms with Gasteiger partial charge >= 0.3 is 0 Å². The van der Waals surface area contributed by atoms with Crippen molar-refractivity contribution in [2.75, 3.05) is 83.7 Å². The number of aliphatic hydroxyl groups is 4. The highest BCUT2D eigenvalue weighted by atomic mass is 32.2. The molecule has 0 spiro atoms. The molecule has 78 heavy (non-hydrogen) atoms. The van der Waals surface area contributed by atoms with Crippen molar-refractivity contribution >= 4 is 139 Å². The van der Waals surface area contributed by atoms with Gasteiger partial charge < -0.3 is 60.6 Å². The van der Waals surface area contributed by atoms with Crippen LogP contribution in [0.1, 0.15) is 11.1 Å². The molecule has 32 nitrogen and oxygen atoms in total. The van der Waals surface area contributed by atoms with Crippen LogP contribution in [0.25, 0.3) is 12.2 Å². The Morgan fingerprint density at radius 1 is 0.538 bits per heavy atom. The Balaban J connectivity index is 1.33. The van der Waals surface area contributed by atoms with E-state index in [2.05, 4.69) is 75.0 Å². The lowest BCUT2D eigenvalue weighted by Gasteiger charge is -2.22. The van der Waals surface area contributed by atoms with Crippen molar-refractivity contribution in [1.82, 2.24) is 29.9 Å². The molecular weight excluding hydrogens is 1160 g/mol. The number of hydrogen-bond acceptors (Lipinski definition) is 32. The Bertz CT molecular complexity index is 3170. The number of benzene rings is 4. The number of nitrogens with one attached hydrogen (secondary N) is 4. The highest BCUT2D eigenvalue weighted by molar-refractivity contribution is 7.95. The van der Waals surface area contributed by atoms with Crippen LogP contribution in [0.5, 0.6) is 0 Å². The van der Waals surface area contributed by atoms with Crippen LogP contribution in [0.2, 0.25) is 0 Å². The molecular formula is C40H44N12O20S6. The molecule has 0 saturated heterocycles. The van der Waals surface area contributed by atoms with Crippen LogP contribution in [0.4, 0.5) is 58.4 Å². The average molecular weight is 1210 g/mol. The molecule has 0 radical (unpaired) electrons. The molecule has 6 rings (SSSR count). The SMILES string of the molecule is O=S(O)c1ccc(SOOO)c(Nc2nc(Nc3ccc(C=Cc4ccc(Nc5nc(Nc6cc(SOOO)ccc6S(=O)O)nc(N(CCO)CCO)n5)cc4S(=O)(=O)O)c(SOOO)c3)nc(N(CCO)CCO)n2)c1. The topological polar surface area (TPSA) is 458 Å². The fourth-order valence-corrected chi connectivity index (χ4v) is 9.51. The summed E-state index contributed by atoms with van der Waals surface area (Å²) >= 11 is -3.39. The van der Waals surface area contributed by atoms with Gasteiger partial charge in [0.15, 0.2) is 22.2 Å². The summed E-state index contributed by atoms with van der Waals surface area (Å²) in [5.41, 5.74) is 0.637. The summed E-state index contributed by atoms with van der Waals surface area (Å²) in [6.07, 6.45) is 2.76. The van der Waals surface area contributed by atoms with Gasteiger partial charge in [-0.05, 0) is 71.8 Å². The fraction of sp³-hybridized carbons (Fsp3) is 0.200. The standard InChI is InChI=1S/C40H44N12O20S6/c53-15-11-51(12-16-54)39-47-35(45-37(49-39)43-29-22-28(76(60)61)8-9-31(29)74-71-68-58)41-25-5-3-23(32(19-25)75-72-69-59)1-2-24-4-6-26(20-34(24)78(64,65)66)42-36-46-38(50-40(48-36)52(13-17-55)14-18-56)44-30-21-27(73-70-67-57)7-10-33(30)77(62)63/h1-10,19-22,53-59H,11-18H2,(H,60,61)(H,62,63)(H,64,65,66)(H2,41,43,45,47,49)(H2,42,44,46,48,50). The van der Waals surface area contributed by atoms with Crippen LogP contribution in [-0.2, 0) is 60.4 Å². The highest BCUT2D eigenvalue weighted by Crippen LogP contribution is 2.35. The molecule has 6 aromatic rings. The zero-order chi connectivity index (χ0) is 56.2. The van der Waals surface area contributed by atoms with E-state index in [1.807, 2.05) is 0 Å². The van der Waals surface area contributed by atoms with Crippen molar-refractivity contribution < 1.29 is 94.8 Å². The number of rotatable bonds is 32. The Kier molecular flexibility index (Phi) is 23.9. The van der Waals surface area contributed by atoms with E-state index in [9.17, 15) is 50.9 Å². The maximum absolute atomic E-state index is 12.9. The van der Waals surface area contributed by atoms with Crippen LogP contribution in [0, 0.1) is 0 Å². The van der Waals surface area contributed by atoms with E-state index in [1.165, 1.54) is 88.7 Å². The molecule has 0 aliphatic carbocycles. The van der Waals surface area contributed by atoms with Crippen LogP contribution in [-0.4, -0.2) is 149 Å². The molecule has 0 bridgehead atoms. The van der Waals surface area contributed by atoms with E-state index in [-0.39, 0.29) is 128 Å². The maximum atomic E-state index is 12.9. The second kappa shape index (κ2) is 30.5. The normalized spacial score (nSPS) is 12.4. The first-order chi connectivity index (χ1) is 37.6. The number of nitrogens with zero attached hydrogens (tertiary/aromatic N) is 8. The van der Waals surface area contributed by atoms with Gasteiger partial charge in [-0.15, -0.1) is 13.0 Å². The van der Waals surface area contributed by atoms with Crippen molar-refractivity contribution in [3.63, 3.8) is 0 Å². The Morgan fingerprint density at radius 2 is 1.03 bits per heavy atom. The number of aromatic nitrogens is 6. The zero-order valence-corrected chi connectivity index (χ0v) is 44.2. The first kappa shape index (κ1) is 61.3. The summed E-state index contributed by atoms with van der Waals surface area (Å²) in [5, 5.41) is 88.2. The molecule has 4 aromatic carbocycles. The molecule has 0 aliphatic heterocycles. The van der Waals surface area contributed by atoms with Crippen LogP contribution in [0.3, 0.4) is 0 Å². The third kappa shape index (κ3) is 17.8. The van der Waals surface area contributed by atoms with E-state index >= 15 is 0 Å². The summed E-state index contributed by atoms with van der Waals surface area (Å²) in [7, 11) is -4.99. The first-order valence-corrected chi connectivity index (χ1v) is 27.4. The van der Waals surface area contributed by atoms with Crippen LogP contribution < -0.4 is 31.1 Å². The van der Waals surface area contributed by atoms with Gasteiger partial charge in [0.2, 0.25) is 35.7 Å². The third-order valence-corrected chi connectivity index (χ3v) is 14.0. The number of aliphatic hydroxyl groups excluding tert-OH is 4. The predicted octanol–water partition coefficient (Wildman–Crippen LogP) is 4.48. The average Bonchev–Trinajstić information content (AvgIpc) is 3.43. The lowest BCUT2D eigenvalue weighted by Crippen LogP contribution is -2.31. The van der Waals surface area contributed by atoms with Gasteiger partial charge in [0, 0.05) is 47.3 Å². The third-order valence-electron chi connectivity index (χ3n) is 9.81. The number of anilines is 10. The fourth-order valence-electron chi connectivity index (χ4n) is 6.57. The van der Waals surface area contributed by atoms with Gasteiger partial charge in [0.1, 0.15) is 4.90 Å². The maximum Gasteiger partial charge on any atom is 0.295 e. The minimum Gasteiger partial charge on any atom is -0.395 e. The quantitative estimate of drug-likeness (QED) is 0.00691. The van der Waals surface area contributed by atoms with Gasteiger partial charge in [-0.1, -0.05) is 39.4 Å². The summed E-state index contributed by atoms with van der Waals surface area (Å²) in [6.45, 7) is -1.73. The molecule has 14 N–H and O–H groups in total. The van der Waals surface area contributed by atoms with Crippen molar-refractivity contribution in [1.29, 1.82) is 0 Å². The molecule has 0 saturated carbocycles. The molecule has 2 heterocycles. The largest absolute Gasteiger partial charge is 0.395 e. The van der Waals surface area contributed by atoms with Gasteiger partial charge in [-0.25, -0.2) is 24.2 Å². The van der Waals surface area contributed by atoms with Gasteiger partial charge in [-0.2, -0.15) is 38.3 Å². The zero-order valence-electron chi connectivity index (χ0n) is 39.3.